The summed E-state index contributed by atoms with van der Waals surface area (Å²) in [6.07, 6.45) is 0.926. The van der Waals surface area contributed by atoms with E-state index in [9.17, 15) is 9.59 Å². The van der Waals surface area contributed by atoms with Gasteiger partial charge in [-0.15, -0.1) is 0 Å². The van der Waals surface area contributed by atoms with Gasteiger partial charge in [0.25, 0.3) is 0 Å². The van der Waals surface area contributed by atoms with E-state index in [1.165, 1.54) is 0 Å². The second-order valence-electron chi connectivity index (χ2n) is 7.92. The maximum absolute atomic E-state index is 14.3. The standard InChI is InChI=1S/C28H28O6/c1-4-32-22-17-24(33-5-2)26-25(18-22)34-28(27(26)30,20-11-13-21(31-3)14-12-20)23(15-16-29)19-9-7-6-8-10-19/h6-14,16-18,23H,4-5,15H2,1-3H3. The molecule has 0 N–H and O–H groups in total. The van der Waals surface area contributed by atoms with Crippen molar-refractivity contribution in [1.29, 1.82) is 0 Å². The summed E-state index contributed by atoms with van der Waals surface area (Å²) in [5.41, 5.74) is 0.348. The smallest absolute Gasteiger partial charge is 0.219 e. The summed E-state index contributed by atoms with van der Waals surface area (Å²) in [5, 5.41) is 0. The zero-order valence-electron chi connectivity index (χ0n) is 19.6. The number of methoxy groups -OCH3 is 1. The van der Waals surface area contributed by atoms with E-state index in [2.05, 4.69) is 0 Å². The SMILES string of the molecule is CCOc1cc(OCC)c2c(c1)OC(c1ccc(OC)cc1)(C(CC=O)c1ccccc1)C2=O. The van der Waals surface area contributed by atoms with E-state index in [-0.39, 0.29) is 12.2 Å². The topological polar surface area (TPSA) is 71.1 Å². The van der Waals surface area contributed by atoms with Crippen molar-refractivity contribution in [1.82, 2.24) is 0 Å². The molecule has 0 radical (unpaired) electrons. The zero-order chi connectivity index (χ0) is 24.1. The molecule has 0 amide bonds. The summed E-state index contributed by atoms with van der Waals surface area (Å²) in [7, 11) is 1.58. The Morgan fingerprint density at radius 3 is 2.26 bits per heavy atom. The first-order chi connectivity index (χ1) is 16.6. The van der Waals surface area contributed by atoms with Crippen LogP contribution in [0.5, 0.6) is 23.0 Å². The number of carbonyl (C=O) groups excluding carboxylic acids is 2. The third kappa shape index (κ3) is 4.00. The molecule has 1 aliphatic heterocycles. The molecule has 0 fully saturated rings. The van der Waals surface area contributed by atoms with Gasteiger partial charge in [-0.2, -0.15) is 0 Å². The quantitative estimate of drug-likeness (QED) is 0.381. The minimum Gasteiger partial charge on any atom is -0.497 e. The van der Waals surface area contributed by atoms with Crippen LogP contribution in [0.25, 0.3) is 0 Å². The molecule has 6 nitrogen and oxygen atoms in total. The van der Waals surface area contributed by atoms with E-state index < -0.39 is 11.5 Å². The Labute approximate surface area is 199 Å². The lowest BCUT2D eigenvalue weighted by molar-refractivity contribution is -0.109. The Bertz CT molecular complexity index is 1160. The highest BCUT2D eigenvalue weighted by Crippen LogP contribution is 2.54. The minimum atomic E-state index is -1.46. The van der Waals surface area contributed by atoms with Crippen molar-refractivity contribution in [3.05, 3.63) is 83.4 Å². The molecule has 3 aromatic carbocycles. The van der Waals surface area contributed by atoms with Gasteiger partial charge in [0, 0.05) is 30.0 Å². The minimum absolute atomic E-state index is 0.0953. The van der Waals surface area contributed by atoms with Crippen LogP contribution in [0, 0.1) is 0 Å². The van der Waals surface area contributed by atoms with Gasteiger partial charge in [-0.25, -0.2) is 0 Å². The molecule has 0 aliphatic carbocycles. The molecule has 2 atom stereocenters. The maximum Gasteiger partial charge on any atom is 0.219 e. The molecule has 6 heteroatoms. The summed E-state index contributed by atoms with van der Waals surface area (Å²) >= 11 is 0. The van der Waals surface area contributed by atoms with Gasteiger partial charge in [0.15, 0.2) is 0 Å². The van der Waals surface area contributed by atoms with Crippen LogP contribution >= 0.6 is 0 Å². The number of benzene rings is 3. The molecule has 4 rings (SSSR count). The van der Waals surface area contributed by atoms with E-state index in [1.807, 2.05) is 56.3 Å². The summed E-state index contributed by atoms with van der Waals surface area (Å²) < 4.78 is 23.5. The summed E-state index contributed by atoms with van der Waals surface area (Å²) in [6.45, 7) is 4.58. The second kappa shape index (κ2) is 10.00. The molecule has 3 aromatic rings. The number of aldehydes is 1. The van der Waals surface area contributed by atoms with Crippen LogP contribution in [-0.4, -0.2) is 32.4 Å². The van der Waals surface area contributed by atoms with Gasteiger partial charge >= 0.3 is 0 Å². The van der Waals surface area contributed by atoms with Crippen molar-refractivity contribution in [2.24, 2.45) is 0 Å². The van der Waals surface area contributed by atoms with Crippen LogP contribution in [0.1, 0.15) is 47.7 Å². The molecule has 0 saturated heterocycles. The summed E-state index contributed by atoms with van der Waals surface area (Å²) in [5.74, 6) is 1.17. The average Bonchev–Trinajstić information content (AvgIpc) is 3.16. The predicted molar refractivity (Wildman–Crippen MR) is 128 cm³/mol. The van der Waals surface area contributed by atoms with E-state index in [4.69, 9.17) is 18.9 Å². The Hall–Kier alpha value is -3.80. The van der Waals surface area contributed by atoms with E-state index in [0.29, 0.717) is 47.3 Å². The molecule has 0 bridgehead atoms. The van der Waals surface area contributed by atoms with Crippen LogP contribution < -0.4 is 18.9 Å². The highest BCUT2D eigenvalue weighted by molar-refractivity contribution is 6.11. The molecule has 176 valence electrons. The van der Waals surface area contributed by atoms with Crippen LogP contribution in [0.15, 0.2) is 66.7 Å². The van der Waals surface area contributed by atoms with Crippen LogP contribution in [0.3, 0.4) is 0 Å². The van der Waals surface area contributed by atoms with Crippen molar-refractivity contribution >= 4 is 12.1 Å². The lowest BCUT2D eigenvalue weighted by Crippen LogP contribution is -2.43. The van der Waals surface area contributed by atoms with Crippen molar-refractivity contribution < 1.29 is 28.5 Å². The van der Waals surface area contributed by atoms with E-state index in [0.717, 1.165) is 11.8 Å². The van der Waals surface area contributed by atoms with Crippen molar-refractivity contribution in [2.45, 2.75) is 31.8 Å². The number of hydrogen-bond acceptors (Lipinski definition) is 6. The first-order valence-corrected chi connectivity index (χ1v) is 11.4. The largest absolute Gasteiger partial charge is 0.497 e. The van der Waals surface area contributed by atoms with Gasteiger partial charge in [0.1, 0.15) is 34.8 Å². The second-order valence-corrected chi connectivity index (χ2v) is 7.92. The number of hydrogen-bond donors (Lipinski definition) is 0. The van der Waals surface area contributed by atoms with Gasteiger partial charge in [-0.05, 0) is 31.5 Å². The molecule has 0 saturated carbocycles. The molecule has 1 heterocycles. The monoisotopic (exact) mass is 460 g/mol. The van der Waals surface area contributed by atoms with E-state index >= 15 is 0 Å². The van der Waals surface area contributed by atoms with E-state index in [1.54, 1.807) is 31.4 Å². The predicted octanol–water partition coefficient (Wildman–Crippen LogP) is 5.34. The molecular formula is C28H28O6. The maximum atomic E-state index is 14.3. The van der Waals surface area contributed by atoms with Gasteiger partial charge in [-0.3, -0.25) is 4.79 Å². The van der Waals surface area contributed by atoms with Gasteiger partial charge < -0.3 is 23.7 Å². The molecule has 2 unspecified atom stereocenters. The molecule has 0 spiro atoms. The number of ether oxygens (including phenoxy) is 4. The Kier molecular flexibility index (Phi) is 6.87. The third-order valence-corrected chi connectivity index (χ3v) is 6.03. The average molecular weight is 461 g/mol. The number of rotatable bonds is 10. The van der Waals surface area contributed by atoms with Gasteiger partial charge in [0.05, 0.1) is 20.3 Å². The number of Topliss-reactive ketones (excluding diaryl/α,β-unsaturated/α-hetero) is 1. The fourth-order valence-corrected chi connectivity index (χ4v) is 4.57. The van der Waals surface area contributed by atoms with Crippen molar-refractivity contribution in [2.75, 3.05) is 20.3 Å². The number of carbonyl (C=O) groups is 2. The molecule has 34 heavy (non-hydrogen) atoms. The van der Waals surface area contributed by atoms with Crippen molar-refractivity contribution in [3.8, 4) is 23.0 Å². The summed E-state index contributed by atoms with van der Waals surface area (Å²) in [6, 6.07) is 20.1. The van der Waals surface area contributed by atoms with Crippen LogP contribution in [0.4, 0.5) is 0 Å². The first-order valence-electron chi connectivity index (χ1n) is 11.4. The van der Waals surface area contributed by atoms with Crippen molar-refractivity contribution in [3.63, 3.8) is 0 Å². The summed E-state index contributed by atoms with van der Waals surface area (Å²) in [4.78, 5) is 26.2. The molecule has 1 aliphatic rings. The fraction of sp³-hybridized carbons (Fsp3) is 0.286. The Balaban J connectivity index is 1.96. The highest BCUT2D eigenvalue weighted by atomic mass is 16.5. The normalized spacial score (nSPS) is 17.4. The first kappa shape index (κ1) is 23.4. The molecule has 0 aromatic heterocycles. The van der Waals surface area contributed by atoms with Crippen LogP contribution in [0.2, 0.25) is 0 Å². The van der Waals surface area contributed by atoms with Crippen LogP contribution in [-0.2, 0) is 10.4 Å². The number of fused-ring (bicyclic) bond motifs is 1. The van der Waals surface area contributed by atoms with Gasteiger partial charge in [-0.1, -0.05) is 42.5 Å². The van der Waals surface area contributed by atoms with Gasteiger partial charge in [0.2, 0.25) is 11.4 Å². The lowest BCUT2D eigenvalue weighted by Gasteiger charge is -2.35. The lowest BCUT2D eigenvalue weighted by atomic mass is 9.72. The molecular weight excluding hydrogens is 432 g/mol. The Morgan fingerprint density at radius 1 is 0.941 bits per heavy atom. The zero-order valence-corrected chi connectivity index (χ0v) is 19.6. The third-order valence-electron chi connectivity index (χ3n) is 6.03. The Morgan fingerprint density at radius 2 is 1.65 bits per heavy atom. The fourth-order valence-electron chi connectivity index (χ4n) is 4.57. The highest BCUT2D eigenvalue weighted by Gasteiger charge is 2.56. The number of ketones is 1.